The van der Waals surface area contributed by atoms with Gasteiger partial charge in [0.15, 0.2) is 0 Å². The third-order valence-electron chi connectivity index (χ3n) is 3.78. The normalized spacial score (nSPS) is 23.3. The number of aryl methyl sites for hydroxylation is 1. The molecule has 2 nitrogen and oxygen atoms in total. The second kappa shape index (κ2) is 3.11. The van der Waals surface area contributed by atoms with Crippen molar-refractivity contribution in [1.29, 1.82) is 0 Å². The molecule has 1 aromatic heterocycles. The maximum atomic E-state index is 3.55. The van der Waals surface area contributed by atoms with Gasteiger partial charge in [0.2, 0.25) is 0 Å². The molecule has 1 atom stereocenters. The minimum Gasteiger partial charge on any atom is -0.358 e. The highest BCUT2D eigenvalue weighted by atomic mass is 15.0. The van der Waals surface area contributed by atoms with Crippen LogP contribution in [-0.4, -0.2) is 11.5 Å². The van der Waals surface area contributed by atoms with E-state index in [2.05, 4.69) is 55.3 Å². The van der Waals surface area contributed by atoms with Gasteiger partial charge in [-0.3, -0.25) is 0 Å². The maximum absolute atomic E-state index is 3.55. The number of benzene rings is 1. The molecule has 0 radical (unpaired) electrons. The number of nitrogens with one attached hydrogen (secondary N) is 2. The van der Waals surface area contributed by atoms with Gasteiger partial charge >= 0.3 is 0 Å². The summed E-state index contributed by atoms with van der Waals surface area (Å²) in [4.78, 5) is 3.47. The number of hydrogen-bond acceptors (Lipinski definition) is 1. The Hall–Kier alpha value is -1.28. The van der Waals surface area contributed by atoms with Crippen molar-refractivity contribution in [2.45, 2.75) is 26.8 Å². The number of para-hydroxylation sites is 1. The molecule has 1 unspecified atom stereocenters. The third-order valence-corrected chi connectivity index (χ3v) is 3.78. The van der Waals surface area contributed by atoms with E-state index in [-0.39, 0.29) is 0 Å². The van der Waals surface area contributed by atoms with Crippen LogP contribution in [0.4, 0.5) is 0 Å². The van der Waals surface area contributed by atoms with Crippen molar-refractivity contribution >= 4 is 10.9 Å². The number of aromatic amines is 1. The summed E-state index contributed by atoms with van der Waals surface area (Å²) in [5, 5.41) is 4.92. The minimum atomic E-state index is 0.371. The average Bonchev–Trinajstić information content (AvgIpc) is 2.55. The van der Waals surface area contributed by atoms with Gasteiger partial charge in [0.05, 0.1) is 0 Å². The molecule has 0 bridgehead atoms. The van der Waals surface area contributed by atoms with E-state index in [1.165, 1.54) is 22.2 Å². The molecular weight excluding hydrogens is 196 g/mol. The van der Waals surface area contributed by atoms with Crippen LogP contribution in [0, 0.1) is 12.3 Å². The van der Waals surface area contributed by atoms with Gasteiger partial charge in [0.25, 0.3) is 0 Å². The summed E-state index contributed by atoms with van der Waals surface area (Å²) < 4.78 is 0. The lowest BCUT2D eigenvalue weighted by molar-refractivity contribution is 0.129. The Morgan fingerprint density at radius 1 is 1.25 bits per heavy atom. The highest BCUT2D eigenvalue weighted by Gasteiger charge is 2.40. The molecule has 0 spiro atoms. The standard InChI is InChI=1S/C14H18N2/c1-9-12(13-14(2,3)8-15-13)10-6-4-5-7-11(10)16-9/h4-7,13,15-16H,8H2,1-3H3. The highest BCUT2D eigenvalue weighted by Crippen LogP contribution is 2.43. The molecule has 1 aliphatic rings. The number of fused-ring (bicyclic) bond motifs is 1. The molecule has 1 fully saturated rings. The van der Waals surface area contributed by atoms with Crippen molar-refractivity contribution in [1.82, 2.24) is 10.3 Å². The van der Waals surface area contributed by atoms with E-state index in [1.54, 1.807) is 0 Å². The maximum Gasteiger partial charge on any atom is 0.0459 e. The zero-order valence-corrected chi connectivity index (χ0v) is 10.1. The lowest BCUT2D eigenvalue weighted by Crippen LogP contribution is -2.52. The molecular formula is C14H18N2. The molecule has 2 heteroatoms. The Labute approximate surface area is 96.1 Å². The lowest BCUT2D eigenvalue weighted by atomic mass is 9.73. The molecule has 0 amide bonds. The first kappa shape index (κ1) is 9.91. The molecule has 0 saturated carbocycles. The second-order valence-corrected chi connectivity index (χ2v) is 5.51. The topological polar surface area (TPSA) is 27.8 Å². The fraction of sp³-hybridized carbons (Fsp3) is 0.429. The van der Waals surface area contributed by atoms with Crippen molar-refractivity contribution in [2.24, 2.45) is 5.41 Å². The molecule has 1 aromatic carbocycles. The van der Waals surface area contributed by atoms with Crippen LogP contribution >= 0.6 is 0 Å². The summed E-state index contributed by atoms with van der Waals surface area (Å²) in [6.07, 6.45) is 0. The van der Waals surface area contributed by atoms with Crippen molar-refractivity contribution in [3.05, 3.63) is 35.5 Å². The van der Waals surface area contributed by atoms with E-state index in [0.717, 1.165) is 6.54 Å². The molecule has 2 N–H and O–H groups in total. The zero-order chi connectivity index (χ0) is 11.3. The van der Waals surface area contributed by atoms with Crippen LogP contribution in [-0.2, 0) is 0 Å². The highest BCUT2D eigenvalue weighted by molar-refractivity contribution is 5.85. The van der Waals surface area contributed by atoms with Gasteiger partial charge < -0.3 is 10.3 Å². The van der Waals surface area contributed by atoms with Crippen LogP contribution in [0.25, 0.3) is 10.9 Å². The summed E-state index contributed by atoms with van der Waals surface area (Å²) in [6.45, 7) is 7.94. The van der Waals surface area contributed by atoms with Crippen LogP contribution in [0.15, 0.2) is 24.3 Å². The number of hydrogen-bond donors (Lipinski definition) is 2. The number of rotatable bonds is 1. The van der Waals surface area contributed by atoms with Crippen LogP contribution in [0.5, 0.6) is 0 Å². The summed E-state index contributed by atoms with van der Waals surface area (Å²) in [6, 6.07) is 9.05. The van der Waals surface area contributed by atoms with Crippen molar-refractivity contribution in [2.75, 3.05) is 6.54 Å². The third kappa shape index (κ3) is 1.23. The molecule has 0 aliphatic carbocycles. The van der Waals surface area contributed by atoms with Crippen LogP contribution in [0.3, 0.4) is 0 Å². The Kier molecular flexibility index (Phi) is 1.93. The SMILES string of the molecule is Cc1[nH]c2ccccc2c1C1NCC1(C)C. The summed E-state index contributed by atoms with van der Waals surface area (Å²) in [7, 11) is 0. The molecule has 1 saturated heterocycles. The van der Waals surface area contributed by atoms with Crippen molar-refractivity contribution in [3.8, 4) is 0 Å². The number of aromatic nitrogens is 1. The van der Waals surface area contributed by atoms with Gasteiger partial charge in [0.1, 0.15) is 0 Å². The molecule has 84 valence electrons. The van der Waals surface area contributed by atoms with Crippen LogP contribution < -0.4 is 5.32 Å². The smallest absolute Gasteiger partial charge is 0.0459 e. The van der Waals surface area contributed by atoms with E-state index in [0.29, 0.717) is 11.5 Å². The van der Waals surface area contributed by atoms with E-state index >= 15 is 0 Å². The van der Waals surface area contributed by atoms with Gasteiger partial charge in [-0.15, -0.1) is 0 Å². The lowest BCUT2D eigenvalue weighted by Gasteiger charge is -2.46. The quantitative estimate of drug-likeness (QED) is 0.750. The fourth-order valence-electron chi connectivity index (χ4n) is 2.78. The number of H-pyrrole nitrogens is 1. The summed E-state index contributed by atoms with van der Waals surface area (Å²) in [5.74, 6) is 0. The second-order valence-electron chi connectivity index (χ2n) is 5.51. The Morgan fingerprint density at radius 2 is 2.00 bits per heavy atom. The van der Waals surface area contributed by atoms with Gasteiger partial charge in [-0.2, -0.15) is 0 Å². The van der Waals surface area contributed by atoms with Gasteiger partial charge in [0, 0.05) is 29.2 Å². The van der Waals surface area contributed by atoms with Crippen LogP contribution in [0.1, 0.15) is 31.1 Å². The van der Waals surface area contributed by atoms with Gasteiger partial charge in [-0.05, 0) is 24.0 Å². The van der Waals surface area contributed by atoms with E-state index in [1.807, 2.05) is 0 Å². The fourth-order valence-corrected chi connectivity index (χ4v) is 2.78. The zero-order valence-electron chi connectivity index (χ0n) is 10.1. The predicted molar refractivity (Wildman–Crippen MR) is 67.6 cm³/mol. The minimum absolute atomic E-state index is 0.371. The summed E-state index contributed by atoms with van der Waals surface area (Å²) >= 11 is 0. The first-order valence-corrected chi connectivity index (χ1v) is 5.90. The monoisotopic (exact) mass is 214 g/mol. The Morgan fingerprint density at radius 3 is 2.62 bits per heavy atom. The first-order chi connectivity index (χ1) is 7.59. The summed E-state index contributed by atoms with van der Waals surface area (Å²) in [5.41, 5.74) is 4.37. The Balaban J connectivity index is 2.19. The Bertz CT molecular complexity index is 537. The molecule has 3 rings (SSSR count). The molecule has 2 aromatic rings. The predicted octanol–water partition coefficient (Wildman–Crippen LogP) is 3.15. The molecule has 2 heterocycles. The van der Waals surface area contributed by atoms with E-state index in [9.17, 15) is 0 Å². The average molecular weight is 214 g/mol. The largest absolute Gasteiger partial charge is 0.358 e. The van der Waals surface area contributed by atoms with Crippen LogP contribution in [0.2, 0.25) is 0 Å². The van der Waals surface area contributed by atoms with Crippen molar-refractivity contribution < 1.29 is 0 Å². The van der Waals surface area contributed by atoms with E-state index < -0.39 is 0 Å². The molecule has 16 heavy (non-hydrogen) atoms. The van der Waals surface area contributed by atoms with Gasteiger partial charge in [-0.25, -0.2) is 0 Å². The molecule has 1 aliphatic heterocycles. The first-order valence-electron chi connectivity index (χ1n) is 5.90. The van der Waals surface area contributed by atoms with Gasteiger partial charge in [-0.1, -0.05) is 32.0 Å². The van der Waals surface area contributed by atoms with Crippen molar-refractivity contribution in [3.63, 3.8) is 0 Å². The van der Waals surface area contributed by atoms with E-state index in [4.69, 9.17) is 0 Å².